The number of urea groups is 1. The normalized spacial score (nSPS) is 18.9. The maximum atomic E-state index is 13.4. The number of primary amides is 1. The van der Waals surface area contributed by atoms with Crippen molar-refractivity contribution in [1.82, 2.24) is 48.0 Å². The van der Waals surface area contributed by atoms with E-state index in [9.17, 15) is 43.2 Å². The third-order valence-corrected chi connectivity index (χ3v) is 11.6. The largest absolute Gasteiger partial charge is 0.368 e. The Hall–Kier alpha value is -4.66. The summed E-state index contributed by atoms with van der Waals surface area (Å²) < 4.78 is 0. The van der Waals surface area contributed by atoms with Gasteiger partial charge in [0.1, 0.15) is 18.1 Å². The van der Waals surface area contributed by atoms with Crippen LogP contribution in [0.2, 0.25) is 0 Å². The molecule has 0 spiro atoms. The fourth-order valence-corrected chi connectivity index (χ4v) is 8.56. The van der Waals surface area contributed by atoms with Gasteiger partial charge < -0.3 is 48.3 Å². The van der Waals surface area contributed by atoms with Crippen LogP contribution < -0.4 is 53.7 Å². The van der Waals surface area contributed by atoms with Crippen molar-refractivity contribution in [3.05, 3.63) is 0 Å². The van der Waals surface area contributed by atoms with E-state index in [1.54, 1.807) is 13.8 Å². The zero-order valence-corrected chi connectivity index (χ0v) is 36.6. The zero-order valence-electron chi connectivity index (χ0n) is 35.8. The number of carbonyl (C=O) groups excluding carboxylic acids is 9. The van der Waals surface area contributed by atoms with Gasteiger partial charge in [0.05, 0.1) is 25.2 Å². The first-order chi connectivity index (χ1) is 28.3. The number of amides is 10. The van der Waals surface area contributed by atoms with Gasteiger partial charge in [-0.2, -0.15) is 11.8 Å². The molecule has 0 aromatic carbocycles. The molecule has 10 amide bonds. The summed E-state index contributed by atoms with van der Waals surface area (Å²) in [5.74, 6) is -5.14. The lowest BCUT2D eigenvalue weighted by Crippen LogP contribution is -2.57. The van der Waals surface area contributed by atoms with Crippen LogP contribution in [0, 0.1) is 23.7 Å². The number of unbranched alkanes of at least 4 members (excludes halogenated alkanes) is 2. The SMILES string of the molecule is CC(C)CC(CC(=O)NO)C(=O)N[C@@H](CC(C)C)C(=O)N[C@H](C(=O)NCC(=O)NCC(=O)N[C@@H](CCCCNC(=O)CCCC[C@@H]1SC[C@@H]2NC(=O)N[C@@H]21)C(N)=O)C(C)C. The van der Waals surface area contributed by atoms with Gasteiger partial charge >= 0.3 is 6.03 Å². The Labute approximate surface area is 356 Å². The van der Waals surface area contributed by atoms with Gasteiger partial charge in [-0.15, -0.1) is 0 Å². The number of rotatable bonds is 28. The van der Waals surface area contributed by atoms with Crippen LogP contribution in [0.5, 0.6) is 0 Å². The fourth-order valence-electron chi connectivity index (χ4n) is 7.02. The molecule has 0 bridgehead atoms. The molecule has 2 saturated heterocycles. The van der Waals surface area contributed by atoms with E-state index in [0.29, 0.717) is 37.5 Å². The first-order valence-electron chi connectivity index (χ1n) is 20.9. The molecule has 20 nitrogen and oxygen atoms in total. The zero-order chi connectivity index (χ0) is 44.9. The quantitative estimate of drug-likeness (QED) is 0.0205. The standard InChI is InChI=1S/C39H68N10O10S/c1-21(2)15-24(17-30(51)49-59)36(55)45-26(16-22(3)4)37(56)47-33(23(5)6)38(57)43-18-31(52)42-19-32(53)44-25(35(40)54)11-9-10-14-41-29(50)13-8-7-12-28-34-27(20-60-28)46-39(58)48-34/h21-28,33-34,59H,7-20H2,1-6H3,(H2,40,54)(H,41,50)(H,42,52)(H,43,57)(H,44,53)(H,45,55)(H,47,56)(H,49,51)(H2,46,48,58)/t24?,25-,26-,27-,28-,33-,34-/m0/s1. The summed E-state index contributed by atoms with van der Waals surface area (Å²) in [6.45, 7) is 10.2. The summed E-state index contributed by atoms with van der Waals surface area (Å²) in [4.78, 5) is 113. The summed E-state index contributed by atoms with van der Waals surface area (Å²) >= 11 is 1.84. The number of hydrogen-bond acceptors (Lipinski definition) is 11. The lowest BCUT2D eigenvalue weighted by Gasteiger charge is -2.27. The van der Waals surface area contributed by atoms with Gasteiger partial charge in [0, 0.05) is 36.3 Å². The number of hydroxylamine groups is 1. The fraction of sp³-hybridized carbons (Fsp3) is 0.769. The van der Waals surface area contributed by atoms with E-state index in [4.69, 9.17) is 10.9 Å². The summed E-state index contributed by atoms with van der Waals surface area (Å²) in [6.07, 6.45) is 4.44. The van der Waals surface area contributed by atoms with Crippen LogP contribution in [0.1, 0.15) is 106 Å². The Balaban J connectivity index is 1.73. The first kappa shape index (κ1) is 51.5. The van der Waals surface area contributed by atoms with Crippen LogP contribution in [-0.4, -0.2) is 119 Å². The maximum absolute atomic E-state index is 13.4. The predicted molar refractivity (Wildman–Crippen MR) is 224 cm³/mol. The average Bonchev–Trinajstić information content (AvgIpc) is 3.73. The molecular weight excluding hydrogens is 801 g/mol. The first-order valence-corrected chi connectivity index (χ1v) is 22.0. The van der Waals surface area contributed by atoms with Gasteiger partial charge in [-0.1, -0.05) is 48.0 Å². The second-order valence-electron chi connectivity index (χ2n) is 16.7. The summed E-state index contributed by atoms with van der Waals surface area (Å²) in [6, 6.07) is -2.93. The Kier molecular flexibility index (Phi) is 22.8. The van der Waals surface area contributed by atoms with Gasteiger partial charge in [0.25, 0.3) is 0 Å². The molecule has 0 radical (unpaired) electrons. The smallest absolute Gasteiger partial charge is 0.315 e. The molecule has 2 aliphatic heterocycles. The predicted octanol–water partition coefficient (Wildman–Crippen LogP) is -0.569. The number of nitrogens with two attached hydrogens (primary N) is 1. The van der Waals surface area contributed by atoms with E-state index in [1.165, 1.54) is 5.48 Å². The number of carbonyl (C=O) groups is 9. The molecule has 21 heteroatoms. The Morgan fingerprint density at radius 2 is 1.42 bits per heavy atom. The van der Waals surface area contributed by atoms with Crippen LogP contribution in [0.3, 0.4) is 0 Å². The summed E-state index contributed by atoms with van der Waals surface area (Å²) in [5, 5.41) is 30.7. The topological polar surface area (TPSA) is 308 Å². The number of nitrogens with one attached hydrogen (secondary N) is 9. The Morgan fingerprint density at radius 3 is 2.05 bits per heavy atom. The van der Waals surface area contributed by atoms with Crippen molar-refractivity contribution in [3.63, 3.8) is 0 Å². The Bertz CT molecular complexity index is 1500. The third kappa shape index (κ3) is 19.2. The highest BCUT2D eigenvalue weighted by atomic mass is 32.2. The lowest BCUT2D eigenvalue weighted by atomic mass is 9.92. The van der Waals surface area contributed by atoms with Gasteiger partial charge in [-0.3, -0.25) is 43.6 Å². The van der Waals surface area contributed by atoms with Crippen molar-refractivity contribution in [1.29, 1.82) is 0 Å². The highest BCUT2D eigenvalue weighted by Gasteiger charge is 2.42. The van der Waals surface area contributed by atoms with Crippen LogP contribution in [0.4, 0.5) is 4.79 Å². The molecular formula is C39H68N10O10S. The Morgan fingerprint density at radius 1 is 0.733 bits per heavy atom. The minimum absolute atomic E-state index is 0.0327. The molecule has 0 aliphatic carbocycles. The molecule has 340 valence electrons. The minimum atomic E-state index is -1.09. The highest BCUT2D eigenvalue weighted by Crippen LogP contribution is 2.33. The lowest BCUT2D eigenvalue weighted by molar-refractivity contribution is -0.137. The number of fused-ring (bicyclic) bond motifs is 1. The molecule has 2 aliphatic rings. The van der Waals surface area contributed by atoms with E-state index in [-0.39, 0.29) is 55.1 Å². The molecule has 7 atom stereocenters. The molecule has 0 aromatic rings. The van der Waals surface area contributed by atoms with Crippen molar-refractivity contribution in [3.8, 4) is 0 Å². The van der Waals surface area contributed by atoms with Crippen LogP contribution in [-0.2, 0) is 38.4 Å². The number of thioether (sulfide) groups is 1. The van der Waals surface area contributed by atoms with E-state index in [2.05, 4.69) is 42.5 Å². The van der Waals surface area contributed by atoms with Crippen molar-refractivity contribution < 1.29 is 48.4 Å². The maximum Gasteiger partial charge on any atom is 0.315 e. The van der Waals surface area contributed by atoms with Gasteiger partial charge in [-0.25, -0.2) is 10.3 Å². The molecule has 2 heterocycles. The van der Waals surface area contributed by atoms with Crippen LogP contribution in [0.25, 0.3) is 0 Å². The molecule has 0 saturated carbocycles. The second kappa shape index (κ2) is 26.5. The molecule has 2 rings (SSSR count). The van der Waals surface area contributed by atoms with Gasteiger partial charge in [-0.05, 0) is 62.7 Å². The molecule has 1 unspecified atom stereocenters. The van der Waals surface area contributed by atoms with E-state index in [1.807, 2.05) is 39.5 Å². The highest BCUT2D eigenvalue weighted by molar-refractivity contribution is 8.00. The van der Waals surface area contributed by atoms with E-state index >= 15 is 0 Å². The van der Waals surface area contributed by atoms with Crippen LogP contribution >= 0.6 is 11.8 Å². The monoisotopic (exact) mass is 868 g/mol. The number of hydrogen-bond donors (Lipinski definition) is 11. The van der Waals surface area contributed by atoms with Crippen molar-refractivity contribution in [2.75, 3.05) is 25.4 Å². The van der Waals surface area contributed by atoms with Gasteiger partial charge in [0.2, 0.25) is 47.3 Å². The summed E-state index contributed by atoms with van der Waals surface area (Å²) in [7, 11) is 0. The molecule has 60 heavy (non-hydrogen) atoms. The molecule has 2 fully saturated rings. The van der Waals surface area contributed by atoms with Crippen molar-refractivity contribution in [2.45, 2.75) is 141 Å². The van der Waals surface area contributed by atoms with E-state index in [0.717, 1.165) is 25.0 Å². The second-order valence-corrected chi connectivity index (χ2v) is 18.0. The third-order valence-electron chi connectivity index (χ3n) is 10.1. The summed E-state index contributed by atoms with van der Waals surface area (Å²) in [5.41, 5.74) is 7.01. The van der Waals surface area contributed by atoms with Crippen molar-refractivity contribution >= 4 is 65.1 Å². The van der Waals surface area contributed by atoms with Crippen molar-refractivity contribution in [2.24, 2.45) is 29.4 Å². The minimum Gasteiger partial charge on any atom is -0.368 e. The molecule has 0 aromatic heterocycles. The average molecular weight is 869 g/mol. The van der Waals surface area contributed by atoms with E-state index < -0.39 is 84.4 Å². The van der Waals surface area contributed by atoms with Gasteiger partial charge in [0.15, 0.2) is 0 Å². The van der Waals surface area contributed by atoms with Crippen LogP contribution in [0.15, 0.2) is 0 Å². The molecule has 12 N–H and O–H groups in total.